The van der Waals surface area contributed by atoms with Gasteiger partial charge < -0.3 is 11.1 Å². The molecule has 0 amide bonds. The van der Waals surface area contributed by atoms with E-state index in [1.54, 1.807) is 32.3 Å². The van der Waals surface area contributed by atoms with Crippen LogP contribution in [0.15, 0.2) is 70.8 Å². The Balaban J connectivity index is 2.20. The minimum atomic E-state index is -4.11. The third-order valence-electron chi connectivity index (χ3n) is 4.60. The monoisotopic (exact) mass is 444 g/mol. The highest BCUT2D eigenvalue weighted by Crippen LogP contribution is 2.30. The zero-order valence-electron chi connectivity index (χ0n) is 17.0. The number of halogens is 2. The first-order chi connectivity index (χ1) is 14.8. The second-order valence-corrected chi connectivity index (χ2v) is 8.54. The van der Waals surface area contributed by atoms with Crippen LogP contribution in [0.3, 0.4) is 0 Å². The molecule has 6 nitrogen and oxygen atoms in total. The normalized spacial score (nSPS) is 12.6. The van der Waals surface area contributed by atoms with Gasteiger partial charge in [-0.1, -0.05) is 12.1 Å². The molecule has 3 rings (SSSR count). The molecule has 9 heteroatoms. The number of nitrogens with two attached hydrogens (primary N) is 1. The van der Waals surface area contributed by atoms with E-state index >= 15 is 0 Å². The summed E-state index contributed by atoms with van der Waals surface area (Å²) in [5, 5.41) is 2.94. The molecule has 162 valence electrons. The predicted octanol–water partition coefficient (Wildman–Crippen LogP) is 3.39. The van der Waals surface area contributed by atoms with Gasteiger partial charge in [0.15, 0.2) is 0 Å². The Bertz CT molecular complexity index is 1260. The highest BCUT2D eigenvalue weighted by Gasteiger charge is 2.24. The molecule has 0 aliphatic carbocycles. The lowest BCUT2D eigenvalue weighted by atomic mass is 10.1. The molecule has 31 heavy (non-hydrogen) atoms. The molecule has 0 aliphatic heterocycles. The van der Waals surface area contributed by atoms with Gasteiger partial charge in [-0.25, -0.2) is 21.2 Å². The fourth-order valence-corrected chi connectivity index (χ4v) is 4.63. The minimum Gasteiger partial charge on any atom is -0.404 e. The Morgan fingerprint density at radius 3 is 2.61 bits per heavy atom. The first kappa shape index (κ1) is 22.4. The Hall–Kier alpha value is -3.30. The molecule has 1 heterocycles. The van der Waals surface area contributed by atoms with Crippen molar-refractivity contribution < 1.29 is 17.2 Å². The summed E-state index contributed by atoms with van der Waals surface area (Å²) >= 11 is 0. The van der Waals surface area contributed by atoms with Crippen molar-refractivity contribution in [3.8, 4) is 11.3 Å². The average molecular weight is 445 g/mol. The number of hydrogen-bond donors (Lipinski definition) is 2. The van der Waals surface area contributed by atoms with E-state index in [4.69, 9.17) is 5.73 Å². The topological polar surface area (TPSA) is 89.5 Å². The van der Waals surface area contributed by atoms with Crippen LogP contribution in [0.5, 0.6) is 0 Å². The first-order valence-electron chi connectivity index (χ1n) is 9.33. The summed E-state index contributed by atoms with van der Waals surface area (Å²) in [6, 6.07) is 10.8. The number of nitrogens with zero attached hydrogens (tertiary/aromatic N) is 2. The van der Waals surface area contributed by atoms with Crippen LogP contribution in [0, 0.1) is 11.6 Å². The first-order valence-corrected chi connectivity index (χ1v) is 10.8. The Morgan fingerprint density at radius 1 is 1.19 bits per heavy atom. The van der Waals surface area contributed by atoms with Gasteiger partial charge in [-0.3, -0.25) is 4.99 Å². The fraction of sp³-hybridized carbons (Fsp3) is 0.136. The van der Waals surface area contributed by atoms with Crippen molar-refractivity contribution in [2.75, 3.05) is 14.1 Å². The van der Waals surface area contributed by atoms with Gasteiger partial charge in [0.1, 0.15) is 11.6 Å². The number of rotatable bonds is 7. The smallest absolute Gasteiger partial charge is 0.268 e. The van der Waals surface area contributed by atoms with Crippen molar-refractivity contribution in [1.29, 1.82) is 0 Å². The lowest BCUT2D eigenvalue weighted by Gasteiger charge is -2.12. The highest BCUT2D eigenvalue weighted by molar-refractivity contribution is 7.90. The third-order valence-corrected chi connectivity index (χ3v) is 6.27. The van der Waals surface area contributed by atoms with E-state index in [1.165, 1.54) is 36.8 Å². The molecule has 3 aromatic rings. The van der Waals surface area contributed by atoms with Gasteiger partial charge in [0, 0.05) is 49.4 Å². The Labute approximate surface area is 179 Å². The van der Waals surface area contributed by atoms with E-state index in [0.29, 0.717) is 23.2 Å². The Morgan fingerprint density at radius 2 is 1.97 bits per heavy atom. The fourth-order valence-electron chi connectivity index (χ4n) is 3.19. The van der Waals surface area contributed by atoms with Crippen molar-refractivity contribution >= 4 is 21.8 Å². The van der Waals surface area contributed by atoms with Crippen LogP contribution >= 0.6 is 0 Å². The van der Waals surface area contributed by atoms with Crippen molar-refractivity contribution in [2.45, 2.75) is 11.4 Å². The van der Waals surface area contributed by atoms with Crippen LogP contribution in [-0.4, -0.2) is 32.7 Å². The lowest BCUT2D eigenvalue weighted by Crippen LogP contribution is -2.14. The lowest BCUT2D eigenvalue weighted by molar-refractivity contribution is 0.583. The molecule has 3 N–H and O–H groups in total. The molecule has 2 aromatic carbocycles. The second-order valence-electron chi connectivity index (χ2n) is 6.73. The van der Waals surface area contributed by atoms with Crippen LogP contribution in [0.1, 0.15) is 11.1 Å². The van der Waals surface area contributed by atoms with Crippen LogP contribution in [0.4, 0.5) is 8.78 Å². The van der Waals surface area contributed by atoms with E-state index < -0.39 is 21.7 Å². The molecule has 0 saturated heterocycles. The Kier molecular flexibility index (Phi) is 6.67. The zero-order valence-corrected chi connectivity index (χ0v) is 17.8. The number of aliphatic imine (C=N–C) groups is 1. The van der Waals surface area contributed by atoms with Gasteiger partial charge in [-0.2, -0.15) is 0 Å². The number of benzene rings is 2. The van der Waals surface area contributed by atoms with Crippen molar-refractivity contribution in [3.63, 3.8) is 0 Å². The van der Waals surface area contributed by atoms with E-state index in [9.17, 15) is 17.2 Å². The van der Waals surface area contributed by atoms with Crippen molar-refractivity contribution in [2.24, 2.45) is 10.7 Å². The van der Waals surface area contributed by atoms with Gasteiger partial charge in [-0.05, 0) is 48.5 Å². The maximum atomic E-state index is 14.5. The van der Waals surface area contributed by atoms with Crippen molar-refractivity contribution in [3.05, 3.63) is 83.7 Å². The third kappa shape index (κ3) is 4.57. The number of nitrogens with one attached hydrogen (secondary N) is 1. The summed E-state index contributed by atoms with van der Waals surface area (Å²) < 4.78 is 55.9. The van der Waals surface area contributed by atoms with E-state index in [2.05, 4.69) is 10.3 Å². The summed E-state index contributed by atoms with van der Waals surface area (Å²) in [6.07, 6.45) is 4.27. The van der Waals surface area contributed by atoms with Gasteiger partial charge in [0.05, 0.1) is 10.6 Å². The predicted molar refractivity (Wildman–Crippen MR) is 118 cm³/mol. The highest BCUT2D eigenvalue weighted by atomic mass is 32.2. The number of aromatic nitrogens is 1. The summed E-state index contributed by atoms with van der Waals surface area (Å²) in [5.74, 6) is -1.60. The molecule has 0 aliphatic rings. The van der Waals surface area contributed by atoms with Gasteiger partial charge in [-0.15, -0.1) is 0 Å². The number of allylic oxidation sites excluding steroid dienone is 1. The van der Waals surface area contributed by atoms with Crippen LogP contribution < -0.4 is 11.1 Å². The maximum Gasteiger partial charge on any atom is 0.268 e. The standard InChI is InChI=1S/C22H22F2N4O2S/c1-26-12-15-8-22(20-7-6-18(23)10-21(20)24)28(14-15)31(29,30)19-5-3-4-16(9-19)17(11-25)13-27-2/h3-11,13-14,26H,12,25H2,1-2H3. The molecule has 0 saturated carbocycles. The van der Waals surface area contributed by atoms with Crippen LogP contribution in [0.2, 0.25) is 0 Å². The summed E-state index contributed by atoms with van der Waals surface area (Å²) in [4.78, 5) is 3.91. The molecule has 0 bridgehead atoms. The molecular weight excluding hydrogens is 422 g/mol. The van der Waals surface area contributed by atoms with E-state index in [1.807, 2.05) is 0 Å². The van der Waals surface area contributed by atoms with Gasteiger partial charge in [0.2, 0.25) is 0 Å². The van der Waals surface area contributed by atoms with Gasteiger partial charge >= 0.3 is 0 Å². The molecule has 1 aromatic heterocycles. The second kappa shape index (κ2) is 9.23. The minimum absolute atomic E-state index is 0.00997. The molecular formula is C22H22F2N4O2S. The quantitative estimate of drug-likeness (QED) is 0.547. The van der Waals surface area contributed by atoms with Crippen molar-refractivity contribution in [1.82, 2.24) is 9.29 Å². The van der Waals surface area contributed by atoms with E-state index in [0.717, 1.165) is 16.1 Å². The maximum absolute atomic E-state index is 14.5. The molecule has 0 fully saturated rings. The average Bonchev–Trinajstić information content (AvgIpc) is 3.17. The van der Waals surface area contributed by atoms with Gasteiger partial charge in [0.25, 0.3) is 10.0 Å². The number of hydrogen-bond acceptors (Lipinski definition) is 5. The molecule has 0 atom stereocenters. The molecule has 0 unspecified atom stereocenters. The summed E-state index contributed by atoms with van der Waals surface area (Å²) in [5.41, 5.74) is 7.45. The summed E-state index contributed by atoms with van der Waals surface area (Å²) in [7, 11) is -0.814. The van der Waals surface area contributed by atoms with Crippen LogP contribution in [0.25, 0.3) is 16.8 Å². The largest absolute Gasteiger partial charge is 0.404 e. The summed E-state index contributed by atoms with van der Waals surface area (Å²) in [6.45, 7) is 0.366. The SMILES string of the molecule is CN=CC(=CN)c1cccc(S(=O)(=O)n2cc(CNC)cc2-c2ccc(F)cc2F)c1. The van der Waals surface area contributed by atoms with E-state index in [-0.39, 0.29) is 16.2 Å². The zero-order chi connectivity index (χ0) is 22.6. The molecule has 0 radical (unpaired) electrons. The van der Waals surface area contributed by atoms with Crippen LogP contribution in [-0.2, 0) is 16.6 Å². The molecule has 0 spiro atoms.